The highest BCUT2D eigenvalue weighted by molar-refractivity contribution is 7.21. The Bertz CT molecular complexity index is 1490. The first-order valence-electron chi connectivity index (χ1n) is 10.1. The van der Waals surface area contributed by atoms with Crippen LogP contribution in [0.15, 0.2) is 71.9 Å². The van der Waals surface area contributed by atoms with Gasteiger partial charge in [0.1, 0.15) is 15.4 Å². The molecule has 0 saturated heterocycles. The summed E-state index contributed by atoms with van der Waals surface area (Å²) in [5.41, 5.74) is 4.04. The zero-order valence-electron chi connectivity index (χ0n) is 17.3. The van der Waals surface area contributed by atoms with Gasteiger partial charge < -0.3 is 5.32 Å². The van der Waals surface area contributed by atoms with Crippen LogP contribution in [0.2, 0.25) is 0 Å². The third kappa shape index (κ3) is 3.88. The van der Waals surface area contributed by atoms with Gasteiger partial charge in [-0.15, -0.1) is 0 Å². The molecule has 5 aromatic rings. The number of hydrogen-bond donors (Lipinski definition) is 1. The third-order valence-corrected chi connectivity index (χ3v) is 6.25. The van der Waals surface area contributed by atoms with Crippen molar-refractivity contribution in [3.8, 4) is 10.6 Å². The Morgan fingerprint density at radius 3 is 2.75 bits per heavy atom. The summed E-state index contributed by atoms with van der Waals surface area (Å²) >= 11 is 1.54. The lowest BCUT2D eigenvalue weighted by atomic mass is 10.1. The number of nitrogens with one attached hydrogen (secondary N) is 1. The monoisotopic (exact) mass is 441 g/mol. The number of anilines is 1. The van der Waals surface area contributed by atoms with Crippen molar-refractivity contribution >= 4 is 44.2 Å². The Morgan fingerprint density at radius 2 is 1.91 bits per heavy atom. The van der Waals surface area contributed by atoms with Crippen molar-refractivity contribution in [2.45, 2.75) is 19.9 Å². The van der Waals surface area contributed by atoms with Crippen molar-refractivity contribution in [3.05, 3.63) is 83.0 Å². The molecule has 3 aromatic heterocycles. The number of benzene rings is 2. The van der Waals surface area contributed by atoms with Crippen molar-refractivity contribution in [2.24, 2.45) is 0 Å². The van der Waals surface area contributed by atoms with Gasteiger partial charge >= 0.3 is 0 Å². The first kappa shape index (κ1) is 20.0. The molecule has 0 saturated carbocycles. The van der Waals surface area contributed by atoms with Crippen molar-refractivity contribution < 1.29 is 4.79 Å². The molecule has 0 unspecified atom stereocenters. The van der Waals surface area contributed by atoms with Crippen LogP contribution in [0.4, 0.5) is 5.69 Å². The minimum absolute atomic E-state index is 0.144. The molecule has 1 amide bonds. The molecule has 5 rings (SSSR count). The summed E-state index contributed by atoms with van der Waals surface area (Å²) in [7, 11) is 0. The van der Waals surface area contributed by atoms with E-state index >= 15 is 0 Å². The number of pyridine rings is 1. The number of rotatable bonds is 5. The summed E-state index contributed by atoms with van der Waals surface area (Å²) < 4.78 is 1.47. The fraction of sp³-hybridized carbons (Fsp3) is 0.125. The maximum atomic E-state index is 12.6. The molecule has 0 radical (unpaired) electrons. The van der Waals surface area contributed by atoms with Gasteiger partial charge in [0.2, 0.25) is 5.91 Å². The largest absolute Gasteiger partial charge is 0.326 e. The highest BCUT2D eigenvalue weighted by Gasteiger charge is 2.11. The smallest absolute Gasteiger partial charge is 0.261 e. The van der Waals surface area contributed by atoms with E-state index in [1.165, 1.54) is 22.2 Å². The van der Waals surface area contributed by atoms with Crippen LogP contribution in [0.5, 0.6) is 0 Å². The van der Waals surface area contributed by atoms with E-state index in [0.29, 0.717) is 10.9 Å². The summed E-state index contributed by atoms with van der Waals surface area (Å²) in [4.78, 5) is 39.3. The van der Waals surface area contributed by atoms with Gasteiger partial charge in [0.25, 0.3) is 5.56 Å². The Labute approximate surface area is 187 Å². The normalized spacial score (nSPS) is 11.2. The quantitative estimate of drug-likeness (QED) is 0.436. The standard InChI is InChI=1S/C24H19N5O2S/c1-15-13-16(22-28-20-7-4-11-25-23(20)32-22)8-9-18(15)27-21(30)10-12-29-14-26-19-6-3-2-5-17(19)24(29)31/h2-9,11,13-14H,10,12H2,1H3,(H,27,30). The Balaban J connectivity index is 1.28. The highest BCUT2D eigenvalue weighted by atomic mass is 32.1. The van der Waals surface area contributed by atoms with Crippen LogP contribution in [-0.4, -0.2) is 25.4 Å². The van der Waals surface area contributed by atoms with Crippen LogP contribution in [0.25, 0.3) is 31.8 Å². The Morgan fingerprint density at radius 1 is 1.06 bits per heavy atom. The minimum atomic E-state index is -0.162. The van der Waals surface area contributed by atoms with Gasteiger partial charge in [-0.1, -0.05) is 23.5 Å². The molecule has 7 nitrogen and oxygen atoms in total. The van der Waals surface area contributed by atoms with Crippen LogP contribution in [0.1, 0.15) is 12.0 Å². The summed E-state index contributed by atoms with van der Waals surface area (Å²) in [5.74, 6) is -0.162. The summed E-state index contributed by atoms with van der Waals surface area (Å²) in [6.45, 7) is 2.21. The molecule has 0 bridgehead atoms. The molecule has 1 N–H and O–H groups in total. The van der Waals surface area contributed by atoms with E-state index < -0.39 is 0 Å². The van der Waals surface area contributed by atoms with E-state index in [1.807, 2.05) is 43.3 Å². The highest BCUT2D eigenvalue weighted by Crippen LogP contribution is 2.31. The first-order valence-corrected chi connectivity index (χ1v) is 11.0. The zero-order chi connectivity index (χ0) is 22.1. The molecular weight excluding hydrogens is 422 g/mol. The van der Waals surface area contributed by atoms with Gasteiger partial charge in [-0.05, 0) is 55.0 Å². The van der Waals surface area contributed by atoms with Gasteiger partial charge in [0.05, 0.1) is 17.2 Å². The average molecular weight is 442 g/mol. The number of fused-ring (bicyclic) bond motifs is 2. The number of thiazole rings is 1. The summed E-state index contributed by atoms with van der Waals surface area (Å²) in [6, 6.07) is 16.8. The first-order chi connectivity index (χ1) is 15.6. The molecule has 0 spiro atoms. The van der Waals surface area contributed by atoms with Crippen LogP contribution in [0, 0.1) is 6.92 Å². The zero-order valence-corrected chi connectivity index (χ0v) is 18.1. The Hall–Kier alpha value is -3.91. The third-order valence-electron chi connectivity index (χ3n) is 5.23. The van der Waals surface area contributed by atoms with E-state index in [0.717, 1.165) is 32.2 Å². The lowest BCUT2D eigenvalue weighted by Crippen LogP contribution is -2.23. The van der Waals surface area contributed by atoms with Crippen molar-refractivity contribution in [3.63, 3.8) is 0 Å². The van der Waals surface area contributed by atoms with Crippen molar-refractivity contribution in [2.75, 3.05) is 5.32 Å². The molecule has 0 aliphatic heterocycles. The number of para-hydroxylation sites is 1. The van der Waals surface area contributed by atoms with Crippen LogP contribution in [0.3, 0.4) is 0 Å². The van der Waals surface area contributed by atoms with E-state index in [9.17, 15) is 9.59 Å². The van der Waals surface area contributed by atoms with Gasteiger partial charge in [0, 0.05) is 30.4 Å². The molecule has 3 heterocycles. The predicted molar refractivity (Wildman–Crippen MR) is 127 cm³/mol. The van der Waals surface area contributed by atoms with Gasteiger partial charge in [-0.3, -0.25) is 14.2 Å². The maximum absolute atomic E-state index is 12.6. The molecule has 0 aliphatic carbocycles. The topological polar surface area (TPSA) is 89.8 Å². The fourth-order valence-electron chi connectivity index (χ4n) is 3.53. The van der Waals surface area contributed by atoms with E-state index in [1.54, 1.807) is 24.4 Å². The lowest BCUT2D eigenvalue weighted by molar-refractivity contribution is -0.116. The number of carbonyl (C=O) groups excluding carboxylic acids is 1. The number of carbonyl (C=O) groups is 1. The SMILES string of the molecule is Cc1cc(-c2nc3cccnc3s2)ccc1NC(=O)CCn1cnc2ccccc2c1=O. The molecule has 8 heteroatoms. The van der Waals surface area contributed by atoms with Gasteiger partial charge in [-0.2, -0.15) is 0 Å². The number of hydrogen-bond acceptors (Lipinski definition) is 6. The molecular formula is C24H19N5O2S. The van der Waals surface area contributed by atoms with Crippen LogP contribution < -0.4 is 10.9 Å². The number of amides is 1. The molecule has 0 atom stereocenters. The Kier molecular flexibility index (Phi) is 5.20. The molecule has 158 valence electrons. The molecule has 0 fully saturated rings. The van der Waals surface area contributed by atoms with Crippen LogP contribution in [-0.2, 0) is 11.3 Å². The maximum Gasteiger partial charge on any atom is 0.261 e. The number of aryl methyl sites for hydroxylation is 2. The lowest BCUT2D eigenvalue weighted by Gasteiger charge is -2.10. The number of nitrogens with zero attached hydrogens (tertiary/aromatic N) is 4. The number of aromatic nitrogens is 4. The summed E-state index contributed by atoms with van der Waals surface area (Å²) in [6.07, 6.45) is 3.42. The van der Waals surface area contributed by atoms with Crippen LogP contribution >= 0.6 is 11.3 Å². The van der Waals surface area contributed by atoms with Crippen molar-refractivity contribution in [1.82, 2.24) is 19.5 Å². The van der Waals surface area contributed by atoms with E-state index in [4.69, 9.17) is 0 Å². The van der Waals surface area contributed by atoms with E-state index in [-0.39, 0.29) is 24.4 Å². The van der Waals surface area contributed by atoms with Gasteiger partial charge in [-0.25, -0.2) is 15.0 Å². The molecule has 32 heavy (non-hydrogen) atoms. The second-order valence-corrected chi connectivity index (χ2v) is 8.41. The van der Waals surface area contributed by atoms with E-state index in [2.05, 4.69) is 20.3 Å². The predicted octanol–water partition coefficient (Wildman–Crippen LogP) is 4.41. The minimum Gasteiger partial charge on any atom is -0.326 e. The fourth-order valence-corrected chi connectivity index (χ4v) is 4.43. The second-order valence-electron chi connectivity index (χ2n) is 7.43. The summed E-state index contributed by atoms with van der Waals surface area (Å²) in [5, 5.41) is 4.38. The molecule has 2 aromatic carbocycles. The average Bonchev–Trinajstić information content (AvgIpc) is 3.24. The molecule has 0 aliphatic rings. The second kappa shape index (κ2) is 8.32. The van der Waals surface area contributed by atoms with Gasteiger partial charge in [0.15, 0.2) is 0 Å². The van der Waals surface area contributed by atoms with Crippen molar-refractivity contribution in [1.29, 1.82) is 0 Å².